The van der Waals surface area contributed by atoms with Crippen LogP contribution in [0, 0.1) is 0 Å². The van der Waals surface area contributed by atoms with Crippen molar-refractivity contribution < 1.29 is 32.7 Å². The Balaban J connectivity index is 4.41. The van der Waals surface area contributed by atoms with Gasteiger partial charge >= 0.3 is 17.9 Å². The fourth-order valence-electron chi connectivity index (χ4n) is 0.578. The zero-order chi connectivity index (χ0) is 13.1. The molecule has 9 heteroatoms. The standard InChI is InChI=1S/C7H9F3N2O4/c1-6(11,5(15)16)12-2-3(13)4(14)7(8,9)10/h12H,2,11H2,1H3,(H,15,16). The number of halogens is 3. The summed E-state index contributed by atoms with van der Waals surface area (Å²) in [5, 5.41) is 10.3. The number of carboxylic acids is 1. The van der Waals surface area contributed by atoms with Crippen LogP contribution in [0.5, 0.6) is 0 Å². The third-order valence-corrected chi connectivity index (χ3v) is 1.57. The van der Waals surface area contributed by atoms with Crippen LogP contribution in [0.25, 0.3) is 0 Å². The number of carbonyl (C=O) groups is 3. The smallest absolute Gasteiger partial charge is 0.458 e. The van der Waals surface area contributed by atoms with E-state index in [4.69, 9.17) is 10.8 Å². The topological polar surface area (TPSA) is 109 Å². The van der Waals surface area contributed by atoms with Gasteiger partial charge in [0.15, 0.2) is 5.66 Å². The van der Waals surface area contributed by atoms with Crippen molar-refractivity contribution in [3.05, 3.63) is 0 Å². The Hall–Kier alpha value is -1.48. The zero-order valence-corrected chi connectivity index (χ0v) is 8.09. The van der Waals surface area contributed by atoms with E-state index in [2.05, 4.69) is 0 Å². The Kier molecular flexibility index (Phi) is 4.15. The van der Waals surface area contributed by atoms with Crippen LogP contribution < -0.4 is 11.1 Å². The first kappa shape index (κ1) is 14.5. The normalized spacial score (nSPS) is 15.3. The van der Waals surface area contributed by atoms with Crippen LogP contribution in [-0.4, -0.2) is 41.0 Å². The number of ketones is 2. The summed E-state index contributed by atoms with van der Waals surface area (Å²) < 4.78 is 35.2. The van der Waals surface area contributed by atoms with Crippen LogP contribution in [0.1, 0.15) is 6.92 Å². The quantitative estimate of drug-likeness (QED) is 0.423. The first-order valence-corrected chi connectivity index (χ1v) is 3.90. The fraction of sp³-hybridized carbons (Fsp3) is 0.571. The van der Waals surface area contributed by atoms with Gasteiger partial charge in [-0.3, -0.25) is 14.9 Å². The van der Waals surface area contributed by atoms with E-state index in [0.29, 0.717) is 0 Å². The second kappa shape index (κ2) is 4.58. The van der Waals surface area contributed by atoms with E-state index < -0.39 is 35.9 Å². The van der Waals surface area contributed by atoms with Crippen molar-refractivity contribution in [2.75, 3.05) is 6.54 Å². The molecule has 0 aromatic carbocycles. The van der Waals surface area contributed by atoms with Crippen molar-refractivity contribution in [2.24, 2.45) is 5.73 Å². The summed E-state index contributed by atoms with van der Waals surface area (Å²) in [7, 11) is 0. The molecule has 92 valence electrons. The van der Waals surface area contributed by atoms with Gasteiger partial charge in [-0.25, -0.2) is 4.79 Å². The summed E-state index contributed by atoms with van der Waals surface area (Å²) in [6.45, 7) is -0.168. The van der Waals surface area contributed by atoms with Gasteiger partial charge in [-0.15, -0.1) is 0 Å². The number of carboxylic acid groups (broad SMARTS) is 1. The van der Waals surface area contributed by atoms with Gasteiger partial charge in [0.1, 0.15) is 0 Å². The van der Waals surface area contributed by atoms with Gasteiger partial charge in [-0.1, -0.05) is 0 Å². The molecule has 1 atom stereocenters. The van der Waals surface area contributed by atoms with E-state index in [0.717, 1.165) is 6.92 Å². The predicted octanol–water partition coefficient (Wildman–Crippen LogP) is -0.964. The second-order valence-corrected chi connectivity index (χ2v) is 3.11. The summed E-state index contributed by atoms with van der Waals surface area (Å²) in [6, 6.07) is 0. The Morgan fingerprint density at radius 1 is 1.31 bits per heavy atom. The second-order valence-electron chi connectivity index (χ2n) is 3.11. The molecule has 0 fully saturated rings. The molecule has 0 bridgehead atoms. The van der Waals surface area contributed by atoms with Crippen molar-refractivity contribution in [2.45, 2.75) is 18.8 Å². The monoisotopic (exact) mass is 242 g/mol. The minimum Gasteiger partial charge on any atom is -0.479 e. The molecule has 0 rings (SSSR count). The number of alkyl halides is 3. The molecule has 0 saturated carbocycles. The molecule has 0 heterocycles. The molecule has 0 aromatic rings. The summed E-state index contributed by atoms with van der Waals surface area (Å²) in [5.74, 6) is -5.92. The van der Waals surface area contributed by atoms with Crippen molar-refractivity contribution >= 4 is 17.5 Å². The summed E-state index contributed by atoms with van der Waals surface area (Å²) in [5.41, 5.74) is 2.98. The van der Waals surface area contributed by atoms with Gasteiger partial charge in [0.25, 0.3) is 0 Å². The highest BCUT2D eigenvalue weighted by Gasteiger charge is 2.43. The van der Waals surface area contributed by atoms with Crippen LogP contribution >= 0.6 is 0 Å². The van der Waals surface area contributed by atoms with Crippen LogP contribution in [-0.2, 0) is 14.4 Å². The maximum absolute atomic E-state index is 11.7. The van der Waals surface area contributed by atoms with Crippen molar-refractivity contribution in [1.82, 2.24) is 5.32 Å². The SMILES string of the molecule is CC(N)(NCC(=O)C(=O)C(F)(F)F)C(=O)O. The molecule has 0 spiro atoms. The molecule has 0 aliphatic carbocycles. The highest BCUT2D eigenvalue weighted by Crippen LogP contribution is 2.16. The van der Waals surface area contributed by atoms with E-state index in [1.807, 2.05) is 5.32 Å². The Morgan fingerprint density at radius 3 is 2.06 bits per heavy atom. The molecular formula is C7H9F3N2O4. The Labute approximate surface area is 87.6 Å². The van der Waals surface area contributed by atoms with Gasteiger partial charge < -0.3 is 10.8 Å². The largest absolute Gasteiger partial charge is 0.479 e. The minimum absolute atomic E-state index is 0.931. The van der Waals surface area contributed by atoms with Gasteiger partial charge in [0.05, 0.1) is 6.54 Å². The first-order chi connectivity index (χ1) is 6.98. The third kappa shape index (κ3) is 3.95. The maximum Gasteiger partial charge on any atom is 0.458 e. The van der Waals surface area contributed by atoms with Crippen molar-refractivity contribution in [3.63, 3.8) is 0 Å². The number of nitrogens with two attached hydrogens (primary N) is 1. The van der Waals surface area contributed by atoms with Crippen molar-refractivity contribution in [1.29, 1.82) is 0 Å². The number of hydrogen-bond donors (Lipinski definition) is 3. The number of hydrogen-bond acceptors (Lipinski definition) is 5. The highest BCUT2D eigenvalue weighted by atomic mass is 19.4. The van der Waals surface area contributed by atoms with Gasteiger partial charge in [-0.2, -0.15) is 13.2 Å². The zero-order valence-electron chi connectivity index (χ0n) is 8.09. The number of nitrogens with one attached hydrogen (secondary N) is 1. The van der Waals surface area contributed by atoms with Crippen LogP contribution in [0.2, 0.25) is 0 Å². The molecule has 0 saturated heterocycles. The summed E-state index contributed by atoms with van der Waals surface area (Å²) in [6.07, 6.45) is -5.27. The minimum atomic E-state index is -5.27. The van der Waals surface area contributed by atoms with E-state index in [1.54, 1.807) is 0 Å². The average molecular weight is 242 g/mol. The lowest BCUT2D eigenvalue weighted by Gasteiger charge is -2.20. The van der Waals surface area contributed by atoms with Gasteiger partial charge in [0.2, 0.25) is 5.78 Å². The fourth-order valence-corrected chi connectivity index (χ4v) is 0.578. The molecule has 4 N–H and O–H groups in total. The Morgan fingerprint density at radius 2 is 1.75 bits per heavy atom. The van der Waals surface area contributed by atoms with E-state index in [-0.39, 0.29) is 0 Å². The highest BCUT2D eigenvalue weighted by molar-refractivity contribution is 6.40. The lowest BCUT2D eigenvalue weighted by Crippen LogP contribution is -2.59. The molecule has 16 heavy (non-hydrogen) atoms. The van der Waals surface area contributed by atoms with Gasteiger partial charge in [-0.05, 0) is 6.92 Å². The number of Topliss-reactive ketones (excluding diaryl/α,β-unsaturated/α-hetero) is 2. The van der Waals surface area contributed by atoms with Crippen molar-refractivity contribution in [3.8, 4) is 0 Å². The predicted molar refractivity (Wildman–Crippen MR) is 44.3 cm³/mol. The average Bonchev–Trinajstić information content (AvgIpc) is 2.11. The molecule has 0 amide bonds. The Bertz CT molecular complexity index is 324. The van der Waals surface area contributed by atoms with Gasteiger partial charge in [0, 0.05) is 0 Å². The molecule has 0 radical (unpaired) electrons. The van der Waals surface area contributed by atoms with Crippen LogP contribution in [0.3, 0.4) is 0 Å². The number of rotatable bonds is 5. The summed E-state index contributed by atoms with van der Waals surface area (Å²) in [4.78, 5) is 31.4. The number of carbonyl (C=O) groups excluding carboxylic acids is 2. The first-order valence-electron chi connectivity index (χ1n) is 3.90. The summed E-state index contributed by atoms with van der Waals surface area (Å²) >= 11 is 0. The lowest BCUT2D eigenvalue weighted by molar-refractivity contribution is -0.174. The molecule has 0 aromatic heterocycles. The van der Waals surface area contributed by atoms with Crippen LogP contribution in [0.4, 0.5) is 13.2 Å². The molecule has 0 aliphatic heterocycles. The molecule has 1 unspecified atom stereocenters. The molecule has 6 nitrogen and oxygen atoms in total. The third-order valence-electron chi connectivity index (χ3n) is 1.57. The number of aliphatic carboxylic acids is 1. The lowest BCUT2D eigenvalue weighted by atomic mass is 10.2. The molecule has 0 aliphatic rings. The van der Waals surface area contributed by atoms with Crippen LogP contribution in [0.15, 0.2) is 0 Å². The maximum atomic E-state index is 11.7. The molecular weight excluding hydrogens is 233 g/mol. The van der Waals surface area contributed by atoms with E-state index >= 15 is 0 Å². The van der Waals surface area contributed by atoms with E-state index in [1.165, 1.54) is 0 Å². The van der Waals surface area contributed by atoms with E-state index in [9.17, 15) is 27.6 Å².